The molecule has 0 spiro atoms. The fraction of sp³-hybridized carbons (Fsp3) is 0.263. The van der Waals surface area contributed by atoms with Gasteiger partial charge in [0, 0.05) is 40.4 Å². The second-order valence-electron chi connectivity index (χ2n) is 6.56. The van der Waals surface area contributed by atoms with Crippen LogP contribution in [-0.4, -0.2) is 32.7 Å². The quantitative estimate of drug-likeness (QED) is 0.609. The van der Waals surface area contributed by atoms with Crippen molar-refractivity contribution in [3.8, 4) is 11.4 Å². The van der Waals surface area contributed by atoms with E-state index in [-0.39, 0.29) is 0 Å². The van der Waals surface area contributed by atoms with Crippen molar-refractivity contribution in [2.24, 2.45) is 4.99 Å². The summed E-state index contributed by atoms with van der Waals surface area (Å²) < 4.78 is 1.17. The van der Waals surface area contributed by atoms with Gasteiger partial charge in [0.1, 0.15) is 4.83 Å². The number of fused-ring (bicyclic) bond motifs is 1. The minimum atomic E-state index is 0.686. The van der Waals surface area contributed by atoms with Gasteiger partial charge in [0.15, 0.2) is 5.82 Å². The fourth-order valence-electron chi connectivity index (χ4n) is 3.12. The molecular weight excluding hydrogens is 393 g/mol. The van der Waals surface area contributed by atoms with Crippen LogP contribution in [0.5, 0.6) is 0 Å². The number of hydrogen-bond acceptors (Lipinski definition) is 7. The average Bonchev–Trinajstić information content (AvgIpc) is 3.01. The number of pyridine rings is 1. The number of nitrogen functional groups attached to an aromatic ring is 1. The van der Waals surface area contributed by atoms with E-state index in [4.69, 9.17) is 10.7 Å². The zero-order chi connectivity index (χ0) is 18.2. The third kappa shape index (κ3) is 3.28. The number of rotatable bonds is 4. The Kier molecular flexibility index (Phi) is 4.68. The van der Waals surface area contributed by atoms with Crippen molar-refractivity contribution >= 4 is 59.4 Å². The Morgan fingerprint density at radius 2 is 2.07 bits per heavy atom. The van der Waals surface area contributed by atoms with Gasteiger partial charge >= 0.3 is 0 Å². The Labute approximate surface area is 167 Å². The largest absolute Gasteiger partial charge is 0.397 e. The zero-order valence-corrected chi connectivity index (χ0v) is 17.2. The molecule has 27 heavy (non-hydrogen) atoms. The molecule has 3 aromatic heterocycles. The summed E-state index contributed by atoms with van der Waals surface area (Å²) >= 11 is 3.59. The smallest absolute Gasteiger partial charge is 0.159 e. The molecule has 0 bridgehead atoms. The monoisotopic (exact) mass is 411 g/mol. The van der Waals surface area contributed by atoms with Crippen LogP contribution in [0.3, 0.4) is 0 Å². The van der Waals surface area contributed by atoms with E-state index in [0.29, 0.717) is 19.7 Å². The van der Waals surface area contributed by atoms with Crippen LogP contribution in [0.25, 0.3) is 27.2 Å². The summed E-state index contributed by atoms with van der Waals surface area (Å²) in [6.45, 7) is 0. The molecule has 136 valence electrons. The predicted octanol–water partition coefficient (Wildman–Crippen LogP) is 5.04. The molecular formula is C19H18N5PS2. The van der Waals surface area contributed by atoms with Gasteiger partial charge in [-0.05, 0) is 25.0 Å². The summed E-state index contributed by atoms with van der Waals surface area (Å²) in [5.41, 5.74) is 10.3. The van der Waals surface area contributed by atoms with E-state index in [0.717, 1.165) is 39.0 Å². The minimum absolute atomic E-state index is 0.686. The van der Waals surface area contributed by atoms with E-state index in [1.807, 2.05) is 24.0 Å². The second kappa shape index (κ2) is 7.30. The van der Waals surface area contributed by atoms with Gasteiger partial charge in [0.25, 0.3) is 0 Å². The maximum Gasteiger partial charge on any atom is 0.159 e. The van der Waals surface area contributed by atoms with Crippen molar-refractivity contribution in [1.82, 2.24) is 15.0 Å². The van der Waals surface area contributed by atoms with Crippen molar-refractivity contribution in [2.45, 2.75) is 28.7 Å². The number of aromatic nitrogens is 3. The minimum Gasteiger partial charge on any atom is -0.397 e. The van der Waals surface area contributed by atoms with E-state index in [1.165, 1.54) is 23.5 Å². The number of hydrogen-bond donors (Lipinski definition) is 1. The molecule has 0 radical (unpaired) electrons. The molecule has 5 nitrogen and oxygen atoms in total. The average molecular weight is 411 g/mol. The first-order chi connectivity index (χ1) is 13.3. The highest BCUT2D eigenvalue weighted by Gasteiger charge is 2.24. The fourth-order valence-corrected chi connectivity index (χ4v) is 6.64. The Morgan fingerprint density at radius 1 is 1.22 bits per heavy atom. The first kappa shape index (κ1) is 17.3. The van der Waals surface area contributed by atoms with Gasteiger partial charge in [-0.2, -0.15) is 0 Å². The van der Waals surface area contributed by atoms with Crippen molar-refractivity contribution < 1.29 is 0 Å². The van der Waals surface area contributed by atoms with Gasteiger partial charge in [0.05, 0.1) is 21.9 Å². The molecule has 1 saturated carbocycles. The molecule has 1 aliphatic heterocycles. The highest BCUT2D eigenvalue weighted by molar-refractivity contribution is 8.02. The summed E-state index contributed by atoms with van der Waals surface area (Å²) in [7, 11) is 0.698. The summed E-state index contributed by atoms with van der Waals surface area (Å²) in [5, 5.41) is 1.67. The van der Waals surface area contributed by atoms with Gasteiger partial charge in [-0.15, -0.1) is 23.1 Å². The maximum absolute atomic E-state index is 6.59. The van der Waals surface area contributed by atoms with Crippen LogP contribution < -0.4 is 5.73 Å². The van der Waals surface area contributed by atoms with Crippen LogP contribution >= 0.6 is 31.7 Å². The number of nitrogens with two attached hydrogens (primary N) is 1. The number of anilines is 1. The van der Waals surface area contributed by atoms with E-state index in [9.17, 15) is 0 Å². The van der Waals surface area contributed by atoms with Gasteiger partial charge < -0.3 is 5.73 Å². The standard InChI is InChI=1S/C19H18N5PS2/c20-16-15-13(17-22-5-2-6-23-17)7-14(11-8-21-10-25-9-11)24-18(15)27-19(16)26-12-3-1-4-12/h2,5-9,12,25H,1,3-4,10,20H2. The molecule has 8 heteroatoms. The topological polar surface area (TPSA) is 77.0 Å². The van der Waals surface area contributed by atoms with Crippen molar-refractivity contribution in [2.75, 3.05) is 12.0 Å². The molecule has 0 aromatic carbocycles. The highest BCUT2D eigenvalue weighted by atomic mass is 32.2. The van der Waals surface area contributed by atoms with Crippen molar-refractivity contribution in [3.63, 3.8) is 0 Å². The predicted molar refractivity (Wildman–Crippen MR) is 118 cm³/mol. The van der Waals surface area contributed by atoms with E-state index in [2.05, 4.69) is 26.8 Å². The number of aliphatic imine (C=N–C) groups is 1. The summed E-state index contributed by atoms with van der Waals surface area (Å²) in [6.07, 6.45) is 10.2. The van der Waals surface area contributed by atoms with E-state index >= 15 is 0 Å². The van der Waals surface area contributed by atoms with Crippen molar-refractivity contribution in [3.05, 3.63) is 36.0 Å². The molecule has 0 saturated heterocycles. The second-order valence-corrected chi connectivity index (χ2v) is 10.1. The first-order valence-corrected chi connectivity index (χ1v) is 11.9. The van der Waals surface area contributed by atoms with Crippen molar-refractivity contribution in [1.29, 1.82) is 0 Å². The normalized spacial score (nSPS) is 18.0. The first-order valence-electron chi connectivity index (χ1n) is 8.90. The lowest BCUT2D eigenvalue weighted by atomic mass is 10.0. The third-order valence-corrected chi connectivity index (χ3v) is 8.32. The summed E-state index contributed by atoms with van der Waals surface area (Å²) in [4.78, 5) is 19.3. The van der Waals surface area contributed by atoms with Crippen LogP contribution in [0.1, 0.15) is 25.0 Å². The highest BCUT2D eigenvalue weighted by Crippen LogP contribution is 2.48. The van der Waals surface area contributed by atoms with E-state index < -0.39 is 0 Å². The Balaban J connectivity index is 1.70. The van der Waals surface area contributed by atoms with Gasteiger partial charge in [0.2, 0.25) is 0 Å². The molecule has 3 aromatic rings. The molecule has 1 fully saturated rings. The number of thioether (sulfide) groups is 1. The van der Waals surface area contributed by atoms with Crippen LogP contribution in [-0.2, 0) is 0 Å². The van der Waals surface area contributed by atoms with Crippen LogP contribution in [0.4, 0.5) is 5.69 Å². The lowest BCUT2D eigenvalue weighted by molar-refractivity contribution is 0.522. The zero-order valence-electron chi connectivity index (χ0n) is 14.6. The Bertz CT molecular complexity index is 1060. The molecule has 1 atom stereocenters. The SMILES string of the molecule is Nc1c(SC2CCC2)sc2nc(C3=CPCN=C3)cc(-c3ncccn3)c12. The van der Waals surface area contributed by atoms with Crippen LogP contribution in [0.2, 0.25) is 0 Å². The summed E-state index contributed by atoms with van der Waals surface area (Å²) in [6, 6.07) is 3.89. The van der Waals surface area contributed by atoms with E-state index in [1.54, 1.807) is 23.7 Å². The lowest BCUT2D eigenvalue weighted by Crippen LogP contribution is -2.12. The third-order valence-electron chi connectivity index (χ3n) is 4.76. The molecule has 1 aliphatic carbocycles. The van der Waals surface area contributed by atoms with Crippen LogP contribution in [0.15, 0.2) is 39.5 Å². The summed E-state index contributed by atoms with van der Waals surface area (Å²) in [5.74, 6) is 2.91. The molecule has 0 amide bonds. The Hall–Kier alpha value is -1.82. The van der Waals surface area contributed by atoms with Crippen LogP contribution in [0, 0.1) is 0 Å². The lowest BCUT2D eigenvalue weighted by Gasteiger charge is -2.23. The molecule has 1 unspecified atom stereocenters. The molecule has 2 N–H and O–H groups in total. The van der Waals surface area contributed by atoms with Gasteiger partial charge in [-0.3, -0.25) is 4.99 Å². The maximum atomic E-state index is 6.59. The number of nitrogens with zero attached hydrogens (tertiary/aromatic N) is 4. The Morgan fingerprint density at radius 3 is 2.78 bits per heavy atom. The van der Waals surface area contributed by atoms with Gasteiger partial charge in [-0.25, -0.2) is 15.0 Å². The number of thiophene rings is 1. The molecule has 4 heterocycles. The van der Waals surface area contributed by atoms with Gasteiger partial charge in [-0.1, -0.05) is 20.8 Å². The molecule has 2 aliphatic rings. The molecule has 5 rings (SSSR count). The number of allylic oxidation sites excluding steroid dienone is 1.